The summed E-state index contributed by atoms with van der Waals surface area (Å²) in [6, 6.07) is 7.86. The lowest BCUT2D eigenvalue weighted by Gasteiger charge is -2.15. The van der Waals surface area contributed by atoms with E-state index in [9.17, 15) is 14.4 Å². The number of carbonyl (C=O) groups is 2. The highest BCUT2D eigenvalue weighted by Crippen LogP contribution is 2.18. The Morgan fingerprint density at radius 3 is 2.46 bits per heavy atom. The van der Waals surface area contributed by atoms with Gasteiger partial charge in [-0.25, -0.2) is 4.79 Å². The Balaban J connectivity index is 1.64. The summed E-state index contributed by atoms with van der Waals surface area (Å²) in [5, 5.41) is 6.07. The van der Waals surface area contributed by atoms with E-state index in [1.807, 2.05) is 0 Å². The lowest BCUT2D eigenvalue weighted by molar-refractivity contribution is -0.136. The summed E-state index contributed by atoms with van der Waals surface area (Å²) < 4.78 is 5.03. The summed E-state index contributed by atoms with van der Waals surface area (Å²) in [4.78, 5) is 35.3. The smallest absolute Gasteiger partial charge is 0.336 e. The molecule has 2 amide bonds. The summed E-state index contributed by atoms with van der Waals surface area (Å²) in [7, 11) is 0. The first kappa shape index (κ1) is 16.2. The molecule has 0 unspecified atom stereocenters. The number of fused-ring (bicyclic) bond motifs is 1. The van der Waals surface area contributed by atoms with E-state index in [2.05, 4.69) is 10.6 Å². The zero-order chi connectivity index (χ0) is 16.9. The van der Waals surface area contributed by atoms with Gasteiger partial charge in [-0.3, -0.25) is 9.59 Å². The van der Waals surface area contributed by atoms with Crippen molar-refractivity contribution in [2.24, 2.45) is 0 Å². The molecule has 1 aromatic carbocycles. The summed E-state index contributed by atoms with van der Waals surface area (Å²) in [5.74, 6) is -1.29. The maximum Gasteiger partial charge on any atom is 0.336 e. The molecule has 2 aromatic rings. The third-order valence-corrected chi connectivity index (χ3v) is 4.27. The van der Waals surface area contributed by atoms with Crippen molar-refractivity contribution >= 4 is 28.5 Å². The number of amides is 2. The lowest BCUT2D eigenvalue weighted by Crippen LogP contribution is -2.41. The number of anilines is 1. The van der Waals surface area contributed by atoms with Crippen LogP contribution in [-0.2, 0) is 9.59 Å². The van der Waals surface area contributed by atoms with Crippen LogP contribution in [-0.4, -0.2) is 17.9 Å². The quantitative estimate of drug-likeness (QED) is 0.504. The van der Waals surface area contributed by atoms with Crippen molar-refractivity contribution in [1.82, 2.24) is 5.32 Å². The normalized spacial score (nSPS) is 15.7. The van der Waals surface area contributed by atoms with Gasteiger partial charge in [0.1, 0.15) is 5.58 Å². The van der Waals surface area contributed by atoms with Gasteiger partial charge in [-0.05, 0) is 37.1 Å². The molecule has 0 saturated heterocycles. The van der Waals surface area contributed by atoms with Crippen LogP contribution < -0.4 is 16.3 Å². The van der Waals surface area contributed by atoms with E-state index < -0.39 is 17.4 Å². The second-order valence-corrected chi connectivity index (χ2v) is 6.12. The molecule has 126 valence electrons. The average Bonchev–Trinajstić information content (AvgIpc) is 2.83. The number of nitrogens with one attached hydrogen (secondary N) is 2. The van der Waals surface area contributed by atoms with E-state index in [-0.39, 0.29) is 6.04 Å². The molecule has 1 saturated carbocycles. The summed E-state index contributed by atoms with van der Waals surface area (Å²) >= 11 is 0. The maximum absolute atomic E-state index is 12.1. The van der Waals surface area contributed by atoms with E-state index in [0.717, 1.165) is 25.7 Å². The standard InChI is InChI=1S/C18H20N2O4/c21-16-10-7-12-11-14(8-9-15(12)24-16)20-18(23)17(22)19-13-5-3-1-2-4-6-13/h7-11,13H,1-6H2,(H,19,22)(H,20,23). The third kappa shape index (κ3) is 4.01. The SMILES string of the molecule is O=C(Nc1ccc2oc(=O)ccc2c1)C(=O)NC1CCCCCC1. The molecule has 0 bridgehead atoms. The average molecular weight is 328 g/mol. The first-order valence-electron chi connectivity index (χ1n) is 8.27. The van der Waals surface area contributed by atoms with Gasteiger partial charge in [0.05, 0.1) is 0 Å². The molecule has 6 heteroatoms. The molecule has 6 nitrogen and oxygen atoms in total. The van der Waals surface area contributed by atoms with Crippen molar-refractivity contribution in [1.29, 1.82) is 0 Å². The van der Waals surface area contributed by atoms with E-state index in [4.69, 9.17) is 4.42 Å². The van der Waals surface area contributed by atoms with E-state index >= 15 is 0 Å². The summed E-state index contributed by atoms with van der Waals surface area (Å²) in [6.07, 6.45) is 6.39. The maximum atomic E-state index is 12.1. The van der Waals surface area contributed by atoms with Crippen LogP contribution in [0.15, 0.2) is 39.5 Å². The molecular weight excluding hydrogens is 308 g/mol. The number of hydrogen-bond acceptors (Lipinski definition) is 4. The zero-order valence-electron chi connectivity index (χ0n) is 13.3. The molecule has 2 N–H and O–H groups in total. The highest BCUT2D eigenvalue weighted by Gasteiger charge is 2.19. The first-order chi connectivity index (χ1) is 11.6. The number of benzene rings is 1. The minimum absolute atomic E-state index is 0.0802. The highest BCUT2D eigenvalue weighted by atomic mass is 16.4. The molecule has 0 spiro atoms. The van der Waals surface area contributed by atoms with Crippen molar-refractivity contribution in [3.63, 3.8) is 0 Å². The minimum atomic E-state index is -0.684. The molecule has 1 aromatic heterocycles. The van der Waals surface area contributed by atoms with Gasteiger partial charge in [0, 0.05) is 23.2 Å². The number of hydrogen-bond donors (Lipinski definition) is 2. The molecular formula is C18H20N2O4. The van der Waals surface area contributed by atoms with Gasteiger partial charge in [-0.15, -0.1) is 0 Å². The molecule has 3 rings (SSSR count). The molecule has 1 heterocycles. The van der Waals surface area contributed by atoms with E-state index in [1.54, 1.807) is 24.3 Å². The Labute approximate surface area is 139 Å². The van der Waals surface area contributed by atoms with Crippen molar-refractivity contribution in [3.8, 4) is 0 Å². The predicted molar refractivity (Wildman–Crippen MR) is 90.7 cm³/mol. The van der Waals surface area contributed by atoms with Gasteiger partial charge in [-0.1, -0.05) is 25.7 Å². The van der Waals surface area contributed by atoms with Crippen LogP contribution in [0.2, 0.25) is 0 Å². The monoisotopic (exact) mass is 328 g/mol. The zero-order valence-corrected chi connectivity index (χ0v) is 13.3. The Kier molecular flexibility index (Phi) is 4.93. The summed E-state index contributed by atoms with van der Waals surface area (Å²) in [5.41, 5.74) is 0.489. The molecule has 0 aliphatic heterocycles. The Morgan fingerprint density at radius 2 is 1.71 bits per heavy atom. The van der Waals surface area contributed by atoms with Gasteiger partial charge in [0.15, 0.2) is 0 Å². The van der Waals surface area contributed by atoms with Crippen LogP contribution in [0.3, 0.4) is 0 Å². The molecule has 24 heavy (non-hydrogen) atoms. The highest BCUT2D eigenvalue weighted by molar-refractivity contribution is 6.39. The number of carbonyl (C=O) groups excluding carboxylic acids is 2. The van der Waals surface area contributed by atoms with Gasteiger partial charge in [0.2, 0.25) is 0 Å². The van der Waals surface area contributed by atoms with Crippen molar-refractivity contribution in [2.45, 2.75) is 44.6 Å². The molecule has 0 radical (unpaired) electrons. The minimum Gasteiger partial charge on any atom is -0.423 e. The predicted octanol–water partition coefficient (Wildman–Crippen LogP) is 2.57. The summed E-state index contributed by atoms with van der Waals surface area (Å²) in [6.45, 7) is 0. The topological polar surface area (TPSA) is 88.4 Å². The Bertz CT molecular complexity index is 804. The number of rotatable bonds is 2. The van der Waals surface area contributed by atoms with E-state index in [1.165, 1.54) is 18.9 Å². The molecule has 1 aliphatic rings. The van der Waals surface area contributed by atoms with Gasteiger partial charge >= 0.3 is 17.4 Å². The van der Waals surface area contributed by atoms with Gasteiger partial charge < -0.3 is 15.1 Å². The van der Waals surface area contributed by atoms with Crippen LogP contribution >= 0.6 is 0 Å². The molecule has 1 fully saturated rings. The van der Waals surface area contributed by atoms with Crippen LogP contribution in [0.4, 0.5) is 5.69 Å². The van der Waals surface area contributed by atoms with Crippen LogP contribution in [0.25, 0.3) is 11.0 Å². The second kappa shape index (κ2) is 7.29. The van der Waals surface area contributed by atoms with Crippen molar-refractivity contribution in [2.75, 3.05) is 5.32 Å². The molecule has 0 atom stereocenters. The molecule has 1 aliphatic carbocycles. The fourth-order valence-corrected chi connectivity index (χ4v) is 3.01. The van der Waals surface area contributed by atoms with Crippen LogP contribution in [0, 0.1) is 0 Å². The second-order valence-electron chi connectivity index (χ2n) is 6.12. The van der Waals surface area contributed by atoms with E-state index in [0.29, 0.717) is 16.7 Å². The first-order valence-corrected chi connectivity index (χ1v) is 8.27. The van der Waals surface area contributed by atoms with Crippen LogP contribution in [0.5, 0.6) is 0 Å². The Hall–Kier alpha value is -2.63. The van der Waals surface area contributed by atoms with Gasteiger partial charge in [0.25, 0.3) is 0 Å². The van der Waals surface area contributed by atoms with Gasteiger partial charge in [-0.2, -0.15) is 0 Å². The Morgan fingerprint density at radius 1 is 0.958 bits per heavy atom. The largest absolute Gasteiger partial charge is 0.423 e. The third-order valence-electron chi connectivity index (χ3n) is 4.27. The van der Waals surface area contributed by atoms with Crippen molar-refractivity contribution in [3.05, 3.63) is 40.8 Å². The lowest BCUT2D eigenvalue weighted by atomic mass is 10.1. The fraction of sp³-hybridized carbons (Fsp3) is 0.389. The fourth-order valence-electron chi connectivity index (χ4n) is 3.01. The van der Waals surface area contributed by atoms with Crippen molar-refractivity contribution < 1.29 is 14.0 Å². The van der Waals surface area contributed by atoms with Crippen LogP contribution in [0.1, 0.15) is 38.5 Å².